The molecule has 0 spiro atoms. The molecule has 5 rings (SSSR count). The second-order valence-electron chi connectivity index (χ2n) is 7.55. The molecule has 0 saturated carbocycles. The third-order valence-electron chi connectivity index (χ3n) is 5.92. The molecule has 2 aliphatic rings. The highest BCUT2D eigenvalue weighted by molar-refractivity contribution is 8.23. The van der Waals surface area contributed by atoms with E-state index in [2.05, 4.69) is 97.1 Å². The highest BCUT2D eigenvalue weighted by atomic mass is 32.4. The maximum absolute atomic E-state index is 6.77. The Morgan fingerprint density at radius 1 is 0.750 bits per heavy atom. The minimum atomic E-state index is -2.05. The average Bonchev–Trinajstić information content (AvgIpc) is 3.05. The van der Waals surface area contributed by atoms with Crippen LogP contribution in [0.3, 0.4) is 0 Å². The average molecular weight is 399 g/mol. The first-order valence-electron chi connectivity index (χ1n) is 10.00. The summed E-state index contributed by atoms with van der Waals surface area (Å²) >= 11 is 6.77. The molecule has 1 heterocycles. The summed E-state index contributed by atoms with van der Waals surface area (Å²) in [6.45, 7) is 0. The van der Waals surface area contributed by atoms with E-state index in [1.165, 1.54) is 39.3 Å². The SMILES string of the molecule is S=P1(c2ccccc2)C(c2ccccc2)=C2CCCC=C2C1c1ccccc1. The minimum Gasteiger partial charge on any atom is -0.0866 e. The Hall–Kier alpha value is -2.21. The van der Waals surface area contributed by atoms with Crippen LogP contribution in [0, 0.1) is 0 Å². The van der Waals surface area contributed by atoms with Gasteiger partial charge in [0.15, 0.2) is 0 Å². The lowest BCUT2D eigenvalue weighted by Gasteiger charge is -2.30. The van der Waals surface area contributed by atoms with Gasteiger partial charge < -0.3 is 0 Å². The molecule has 2 atom stereocenters. The van der Waals surface area contributed by atoms with E-state index in [1.807, 2.05) is 0 Å². The Morgan fingerprint density at radius 3 is 2.04 bits per heavy atom. The van der Waals surface area contributed by atoms with Crippen LogP contribution in [-0.2, 0) is 11.8 Å². The Labute approximate surface area is 172 Å². The van der Waals surface area contributed by atoms with Crippen molar-refractivity contribution in [3.8, 4) is 0 Å². The third kappa shape index (κ3) is 2.77. The third-order valence-corrected chi connectivity index (χ3v) is 11.3. The van der Waals surface area contributed by atoms with E-state index in [9.17, 15) is 0 Å². The predicted octanol–water partition coefficient (Wildman–Crippen LogP) is 7.07. The zero-order valence-electron chi connectivity index (χ0n) is 15.8. The molecule has 2 heteroatoms. The van der Waals surface area contributed by atoms with Crippen LogP contribution in [0.4, 0.5) is 0 Å². The summed E-state index contributed by atoms with van der Waals surface area (Å²) < 4.78 is 0. The molecule has 3 aromatic rings. The van der Waals surface area contributed by atoms with Gasteiger partial charge in [-0.3, -0.25) is 0 Å². The van der Waals surface area contributed by atoms with Crippen molar-refractivity contribution in [3.05, 3.63) is 119 Å². The van der Waals surface area contributed by atoms with Crippen molar-refractivity contribution in [2.75, 3.05) is 0 Å². The first-order chi connectivity index (χ1) is 13.8. The summed E-state index contributed by atoms with van der Waals surface area (Å²) in [5.41, 5.74) is 6.00. The molecular weight excluding hydrogens is 375 g/mol. The van der Waals surface area contributed by atoms with Crippen molar-refractivity contribution in [2.24, 2.45) is 0 Å². The predicted molar refractivity (Wildman–Crippen MR) is 125 cm³/mol. The van der Waals surface area contributed by atoms with Crippen LogP contribution in [0.5, 0.6) is 0 Å². The zero-order chi connectivity index (χ0) is 19.0. The first kappa shape index (κ1) is 17.9. The Morgan fingerprint density at radius 2 is 1.36 bits per heavy atom. The first-order valence-corrected chi connectivity index (χ1v) is 12.9. The molecule has 0 bridgehead atoms. The van der Waals surface area contributed by atoms with Crippen LogP contribution in [0.15, 0.2) is 108 Å². The Bertz CT molecular complexity index is 1090. The van der Waals surface area contributed by atoms with Gasteiger partial charge >= 0.3 is 0 Å². The van der Waals surface area contributed by atoms with Crippen molar-refractivity contribution < 1.29 is 0 Å². The van der Waals surface area contributed by atoms with Crippen LogP contribution < -0.4 is 5.30 Å². The van der Waals surface area contributed by atoms with E-state index >= 15 is 0 Å². The summed E-state index contributed by atoms with van der Waals surface area (Å²) in [5.74, 6) is 0. The smallest absolute Gasteiger partial charge is 0.0457 e. The van der Waals surface area contributed by atoms with Gasteiger partial charge in [0.2, 0.25) is 0 Å². The lowest BCUT2D eigenvalue weighted by Crippen LogP contribution is -2.10. The summed E-state index contributed by atoms with van der Waals surface area (Å²) in [6.07, 6.45) is 6.01. The second-order valence-corrected chi connectivity index (χ2v) is 12.1. The zero-order valence-corrected chi connectivity index (χ0v) is 17.5. The fourth-order valence-corrected chi connectivity index (χ4v) is 10.3. The van der Waals surface area contributed by atoms with Gasteiger partial charge in [-0.25, -0.2) is 0 Å². The lowest BCUT2D eigenvalue weighted by atomic mass is 9.88. The van der Waals surface area contributed by atoms with Crippen LogP contribution in [-0.4, -0.2) is 0 Å². The monoisotopic (exact) mass is 398 g/mol. The standard InChI is InChI=1S/C26H23PS/c28-27(22-16-8-3-9-17-22)25(20-12-4-1-5-13-20)23-18-10-11-19-24(23)26(27)21-14-6-2-7-15-21/h1-9,12-18,25H,10-11,19H2. The molecule has 0 aromatic heterocycles. The number of fused-ring (bicyclic) bond motifs is 1. The number of benzene rings is 3. The molecule has 0 saturated heterocycles. The van der Waals surface area contributed by atoms with Crippen LogP contribution >= 0.6 is 6.04 Å². The van der Waals surface area contributed by atoms with Crippen LogP contribution in [0.2, 0.25) is 0 Å². The van der Waals surface area contributed by atoms with E-state index in [-0.39, 0.29) is 5.66 Å². The highest BCUT2D eigenvalue weighted by Gasteiger charge is 2.46. The van der Waals surface area contributed by atoms with Gasteiger partial charge in [-0.1, -0.05) is 109 Å². The molecule has 1 aliphatic heterocycles. The summed E-state index contributed by atoms with van der Waals surface area (Å²) in [7, 11) is 0. The maximum Gasteiger partial charge on any atom is 0.0457 e. The molecule has 3 aromatic carbocycles. The van der Waals surface area contributed by atoms with Gasteiger partial charge in [0.1, 0.15) is 0 Å². The molecule has 0 nitrogen and oxygen atoms in total. The molecule has 0 amide bonds. The molecule has 0 fully saturated rings. The van der Waals surface area contributed by atoms with Gasteiger partial charge in [-0.15, -0.1) is 0 Å². The van der Waals surface area contributed by atoms with Crippen molar-refractivity contribution in [3.63, 3.8) is 0 Å². The Balaban J connectivity index is 1.84. The fourth-order valence-electron chi connectivity index (χ4n) is 4.78. The second kappa shape index (κ2) is 7.32. The number of hydrogen-bond donors (Lipinski definition) is 0. The molecule has 1 aliphatic carbocycles. The summed E-state index contributed by atoms with van der Waals surface area (Å²) in [4.78, 5) is 0. The van der Waals surface area contributed by atoms with Crippen molar-refractivity contribution in [2.45, 2.75) is 24.9 Å². The van der Waals surface area contributed by atoms with Crippen LogP contribution in [0.25, 0.3) is 5.31 Å². The van der Waals surface area contributed by atoms with E-state index in [0.29, 0.717) is 0 Å². The van der Waals surface area contributed by atoms with Gasteiger partial charge in [-0.05, 0) is 46.8 Å². The topological polar surface area (TPSA) is 0 Å². The highest BCUT2D eigenvalue weighted by Crippen LogP contribution is 2.77. The van der Waals surface area contributed by atoms with Crippen molar-refractivity contribution in [1.29, 1.82) is 0 Å². The van der Waals surface area contributed by atoms with Crippen molar-refractivity contribution in [1.82, 2.24) is 0 Å². The van der Waals surface area contributed by atoms with E-state index in [1.54, 1.807) is 0 Å². The number of rotatable bonds is 3. The van der Waals surface area contributed by atoms with Gasteiger partial charge in [0.25, 0.3) is 0 Å². The van der Waals surface area contributed by atoms with E-state index in [0.717, 1.165) is 12.8 Å². The maximum atomic E-state index is 6.77. The summed E-state index contributed by atoms with van der Waals surface area (Å²) in [6, 6.07) is 30.7. The number of hydrogen-bond acceptors (Lipinski definition) is 1. The van der Waals surface area contributed by atoms with Crippen LogP contribution in [0.1, 0.15) is 36.0 Å². The van der Waals surface area contributed by atoms with Gasteiger partial charge in [0.05, 0.1) is 0 Å². The fraction of sp³-hybridized carbons (Fsp3) is 0.154. The van der Waals surface area contributed by atoms with E-state index < -0.39 is 6.04 Å². The molecule has 2 unspecified atom stereocenters. The quantitative estimate of drug-likeness (QED) is 0.425. The minimum absolute atomic E-state index is 0.289. The molecule has 0 N–H and O–H groups in total. The van der Waals surface area contributed by atoms with Gasteiger partial charge in [-0.2, -0.15) is 0 Å². The lowest BCUT2D eigenvalue weighted by molar-refractivity contribution is 0.794. The molecule has 138 valence electrons. The normalized spacial score (nSPS) is 24.0. The Kier molecular flexibility index (Phi) is 4.67. The number of allylic oxidation sites excluding steroid dienone is 3. The largest absolute Gasteiger partial charge is 0.0866 e. The molecular formula is C26H23PS. The van der Waals surface area contributed by atoms with Gasteiger partial charge in [0, 0.05) is 17.0 Å². The van der Waals surface area contributed by atoms with Crippen molar-refractivity contribution >= 4 is 28.5 Å². The molecule has 0 radical (unpaired) electrons. The molecule has 28 heavy (non-hydrogen) atoms. The van der Waals surface area contributed by atoms with E-state index in [4.69, 9.17) is 11.8 Å². The summed E-state index contributed by atoms with van der Waals surface area (Å²) in [5, 5.41) is 2.79.